The van der Waals surface area contributed by atoms with Crippen LogP contribution in [-0.2, 0) is 4.79 Å². The standard InChI is InChI=1S/C13H15N3OS/c17-12(9-4-3-7-14-8-9)16-13-15-10-5-1-2-6-11(10)18-13/h1-2,5-6,9,14H,3-4,7-8H2,(H,15,16,17). The molecule has 0 radical (unpaired) electrons. The van der Waals surface area contributed by atoms with Crippen LogP contribution in [0.4, 0.5) is 5.13 Å². The fourth-order valence-electron chi connectivity index (χ4n) is 2.21. The molecule has 18 heavy (non-hydrogen) atoms. The molecule has 0 saturated carbocycles. The van der Waals surface area contributed by atoms with E-state index >= 15 is 0 Å². The largest absolute Gasteiger partial charge is 0.316 e. The number of para-hydroxylation sites is 1. The SMILES string of the molecule is O=C(Nc1nc2ccccc2s1)C1CCCNC1. The Morgan fingerprint density at radius 2 is 2.33 bits per heavy atom. The van der Waals surface area contributed by atoms with Gasteiger partial charge in [-0.1, -0.05) is 23.5 Å². The van der Waals surface area contributed by atoms with E-state index in [-0.39, 0.29) is 11.8 Å². The summed E-state index contributed by atoms with van der Waals surface area (Å²) in [5, 5.41) is 6.88. The van der Waals surface area contributed by atoms with Crippen LogP contribution in [0.3, 0.4) is 0 Å². The van der Waals surface area contributed by atoms with Gasteiger partial charge >= 0.3 is 0 Å². The van der Waals surface area contributed by atoms with Crippen molar-refractivity contribution < 1.29 is 4.79 Å². The van der Waals surface area contributed by atoms with Gasteiger partial charge in [-0.15, -0.1) is 0 Å². The summed E-state index contributed by atoms with van der Waals surface area (Å²) in [7, 11) is 0. The van der Waals surface area contributed by atoms with Crippen LogP contribution in [0.5, 0.6) is 0 Å². The molecule has 1 aliphatic heterocycles. The molecule has 2 heterocycles. The highest BCUT2D eigenvalue weighted by molar-refractivity contribution is 7.22. The molecule has 4 nitrogen and oxygen atoms in total. The number of carbonyl (C=O) groups excluding carboxylic acids is 1. The zero-order valence-electron chi connectivity index (χ0n) is 9.98. The normalized spacial score (nSPS) is 19.9. The van der Waals surface area contributed by atoms with Gasteiger partial charge in [0.05, 0.1) is 16.1 Å². The van der Waals surface area contributed by atoms with Crippen LogP contribution in [0.2, 0.25) is 0 Å². The van der Waals surface area contributed by atoms with Gasteiger partial charge in [0.2, 0.25) is 5.91 Å². The van der Waals surface area contributed by atoms with E-state index in [1.807, 2.05) is 24.3 Å². The number of amides is 1. The number of hydrogen-bond acceptors (Lipinski definition) is 4. The summed E-state index contributed by atoms with van der Waals surface area (Å²) in [6.45, 7) is 1.79. The van der Waals surface area contributed by atoms with Crippen molar-refractivity contribution in [3.8, 4) is 0 Å². The van der Waals surface area contributed by atoms with Gasteiger partial charge in [-0.25, -0.2) is 4.98 Å². The quantitative estimate of drug-likeness (QED) is 0.871. The molecule has 1 amide bonds. The van der Waals surface area contributed by atoms with Crippen molar-refractivity contribution in [1.29, 1.82) is 0 Å². The number of hydrogen-bond donors (Lipinski definition) is 2. The number of piperidine rings is 1. The van der Waals surface area contributed by atoms with Crippen molar-refractivity contribution in [2.75, 3.05) is 18.4 Å². The lowest BCUT2D eigenvalue weighted by atomic mass is 9.99. The molecular formula is C13H15N3OS. The third kappa shape index (κ3) is 2.37. The number of carbonyl (C=O) groups is 1. The second-order valence-electron chi connectivity index (χ2n) is 4.52. The molecule has 3 rings (SSSR count). The molecular weight excluding hydrogens is 246 g/mol. The Morgan fingerprint density at radius 3 is 3.11 bits per heavy atom. The Morgan fingerprint density at radius 1 is 1.44 bits per heavy atom. The first kappa shape index (κ1) is 11.6. The lowest BCUT2D eigenvalue weighted by Gasteiger charge is -2.21. The van der Waals surface area contributed by atoms with Gasteiger partial charge in [-0.05, 0) is 31.5 Å². The van der Waals surface area contributed by atoms with E-state index in [0.29, 0.717) is 5.13 Å². The molecule has 1 unspecified atom stereocenters. The number of anilines is 1. The zero-order chi connectivity index (χ0) is 12.4. The predicted octanol–water partition coefficient (Wildman–Crippen LogP) is 2.23. The number of fused-ring (bicyclic) bond motifs is 1. The molecule has 1 aliphatic rings. The Balaban J connectivity index is 1.73. The minimum Gasteiger partial charge on any atom is -0.316 e. The van der Waals surface area contributed by atoms with E-state index in [1.165, 1.54) is 11.3 Å². The number of aromatic nitrogens is 1. The Labute approximate surface area is 109 Å². The fraction of sp³-hybridized carbons (Fsp3) is 0.385. The topological polar surface area (TPSA) is 54.0 Å². The number of nitrogens with zero attached hydrogens (tertiary/aromatic N) is 1. The first-order valence-corrected chi connectivity index (χ1v) is 7.02. The maximum absolute atomic E-state index is 12.1. The molecule has 1 atom stereocenters. The number of benzene rings is 1. The highest BCUT2D eigenvalue weighted by Gasteiger charge is 2.21. The van der Waals surface area contributed by atoms with Crippen LogP contribution < -0.4 is 10.6 Å². The Kier molecular flexibility index (Phi) is 3.25. The summed E-state index contributed by atoms with van der Waals surface area (Å²) >= 11 is 1.53. The van der Waals surface area contributed by atoms with Gasteiger partial charge in [0.1, 0.15) is 0 Å². The lowest BCUT2D eigenvalue weighted by Crippen LogP contribution is -2.37. The van der Waals surface area contributed by atoms with E-state index < -0.39 is 0 Å². The third-order valence-corrected chi connectivity index (χ3v) is 4.14. The maximum atomic E-state index is 12.1. The summed E-state index contributed by atoms with van der Waals surface area (Å²) in [5.41, 5.74) is 0.944. The summed E-state index contributed by atoms with van der Waals surface area (Å²) in [5.74, 6) is 0.159. The first-order chi connectivity index (χ1) is 8.83. The lowest BCUT2D eigenvalue weighted by molar-refractivity contribution is -0.120. The second-order valence-corrected chi connectivity index (χ2v) is 5.55. The first-order valence-electron chi connectivity index (χ1n) is 6.20. The monoisotopic (exact) mass is 261 g/mol. The minimum atomic E-state index is 0.0748. The van der Waals surface area contributed by atoms with E-state index in [4.69, 9.17) is 0 Å². The molecule has 1 aromatic heterocycles. The van der Waals surface area contributed by atoms with Crippen LogP contribution in [0.15, 0.2) is 24.3 Å². The van der Waals surface area contributed by atoms with Crippen molar-refractivity contribution in [1.82, 2.24) is 10.3 Å². The molecule has 5 heteroatoms. The Hall–Kier alpha value is -1.46. The smallest absolute Gasteiger partial charge is 0.230 e. The van der Waals surface area contributed by atoms with Gasteiger partial charge in [0.15, 0.2) is 5.13 Å². The molecule has 1 aromatic carbocycles. The summed E-state index contributed by atoms with van der Waals surface area (Å²) < 4.78 is 1.11. The predicted molar refractivity (Wildman–Crippen MR) is 73.8 cm³/mol. The zero-order valence-corrected chi connectivity index (χ0v) is 10.8. The molecule has 1 fully saturated rings. The van der Waals surface area contributed by atoms with Gasteiger partial charge in [0, 0.05) is 6.54 Å². The summed E-state index contributed by atoms with van der Waals surface area (Å²) in [4.78, 5) is 16.5. The van der Waals surface area contributed by atoms with Gasteiger partial charge < -0.3 is 10.6 Å². The molecule has 2 aromatic rings. The van der Waals surface area contributed by atoms with Crippen molar-refractivity contribution >= 4 is 32.6 Å². The van der Waals surface area contributed by atoms with Crippen LogP contribution in [-0.4, -0.2) is 24.0 Å². The summed E-state index contributed by atoms with van der Waals surface area (Å²) in [6.07, 6.45) is 2.03. The highest BCUT2D eigenvalue weighted by atomic mass is 32.1. The van der Waals surface area contributed by atoms with E-state index in [0.717, 1.165) is 36.1 Å². The summed E-state index contributed by atoms with van der Waals surface area (Å²) in [6, 6.07) is 7.92. The highest BCUT2D eigenvalue weighted by Crippen LogP contribution is 2.26. The number of thiazole rings is 1. The van der Waals surface area contributed by atoms with Crippen LogP contribution in [0, 0.1) is 5.92 Å². The average Bonchev–Trinajstić information content (AvgIpc) is 2.82. The van der Waals surface area contributed by atoms with Gasteiger partial charge in [0.25, 0.3) is 0 Å². The van der Waals surface area contributed by atoms with Crippen LogP contribution in [0.25, 0.3) is 10.2 Å². The van der Waals surface area contributed by atoms with Crippen molar-refractivity contribution in [2.45, 2.75) is 12.8 Å². The van der Waals surface area contributed by atoms with E-state index in [1.54, 1.807) is 0 Å². The van der Waals surface area contributed by atoms with Crippen molar-refractivity contribution in [3.63, 3.8) is 0 Å². The molecule has 1 saturated heterocycles. The van der Waals surface area contributed by atoms with Gasteiger partial charge in [-0.3, -0.25) is 4.79 Å². The average molecular weight is 261 g/mol. The van der Waals surface area contributed by atoms with Crippen molar-refractivity contribution in [2.24, 2.45) is 5.92 Å². The minimum absolute atomic E-state index is 0.0748. The van der Waals surface area contributed by atoms with Gasteiger partial charge in [-0.2, -0.15) is 0 Å². The number of nitrogens with one attached hydrogen (secondary N) is 2. The molecule has 0 bridgehead atoms. The second kappa shape index (κ2) is 5.04. The fourth-order valence-corrected chi connectivity index (χ4v) is 3.08. The van der Waals surface area contributed by atoms with E-state index in [2.05, 4.69) is 15.6 Å². The molecule has 0 spiro atoms. The maximum Gasteiger partial charge on any atom is 0.230 e. The molecule has 0 aliphatic carbocycles. The van der Waals surface area contributed by atoms with Crippen LogP contribution in [0.1, 0.15) is 12.8 Å². The number of rotatable bonds is 2. The van der Waals surface area contributed by atoms with Crippen LogP contribution >= 0.6 is 11.3 Å². The molecule has 2 N–H and O–H groups in total. The van der Waals surface area contributed by atoms with Crippen molar-refractivity contribution in [3.05, 3.63) is 24.3 Å². The molecule has 94 valence electrons. The van der Waals surface area contributed by atoms with E-state index in [9.17, 15) is 4.79 Å². The third-order valence-electron chi connectivity index (χ3n) is 3.19. The Bertz CT molecular complexity index is 527.